The Bertz CT molecular complexity index is 1040. The van der Waals surface area contributed by atoms with Crippen LogP contribution in [0.4, 0.5) is 0 Å². The Morgan fingerprint density at radius 3 is 2.50 bits per heavy atom. The van der Waals surface area contributed by atoms with Crippen molar-refractivity contribution < 1.29 is 14.3 Å². The van der Waals surface area contributed by atoms with E-state index in [4.69, 9.17) is 14.6 Å². The molecule has 7 nitrogen and oxygen atoms in total. The van der Waals surface area contributed by atoms with E-state index in [0.717, 1.165) is 30.9 Å². The van der Waals surface area contributed by atoms with Gasteiger partial charge in [0.1, 0.15) is 11.4 Å². The molecule has 1 saturated heterocycles. The van der Waals surface area contributed by atoms with Crippen molar-refractivity contribution in [2.45, 2.75) is 26.1 Å². The molecule has 2 heterocycles. The fraction of sp³-hybridized carbons (Fsp3) is 0.360. The number of benzene rings is 2. The third-order valence-corrected chi connectivity index (χ3v) is 5.55. The lowest BCUT2D eigenvalue weighted by Gasteiger charge is -2.35. The molecule has 0 saturated carbocycles. The second kappa shape index (κ2) is 9.97. The van der Waals surface area contributed by atoms with Crippen molar-refractivity contribution in [1.82, 2.24) is 20.0 Å². The number of carbonyl (C=O) groups is 1. The zero-order valence-corrected chi connectivity index (χ0v) is 18.8. The number of hydrogen-bond donors (Lipinski definition) is 1. The lowest BCUT2D eigenvalue weighted by molar-refractivity contribution is -0.0672. The summed E-state index contributed by atoms with van der Waals surface area (Å²) >= 11 is 0. The molecule has 2 unspecified atom stereocenters. The minimum atomic E-state index is -0.151. The van der Waals surface area contributed by atoms with Gasteiger partial charge in [0.15, 0.2) is 0 Å². The number of morpholine rings is 1. The molecule has 32 heavy (non-hydrogen) atoms. The number of ether oxygens (including phenoxy) is 2. The zero-order chi connectivity index (χ0) is 22.5. The number of amides is 1. The van der Waals surface area contributed by atoms with Gasteiger partial charge in [0.2, 0.25) is 0 Å². The molecular weight excluding hydrogens is 404 g/mol. The van der Waals surface area contributed by atoms with Gasteiger partial charge in [-0.2, -0.15) is 5.10 Å². The fourth-order valence-electron chi connectivity index (χ4n) is 4.18. The van der Waals surface area contributed by atoms with Crippen LogP contribution in [0.3, 0.4) is 0 Å². The molecule has 1 fully saturated rings. The fourth-order valence-corrected chi connectivity index (χ4v) is 4.18. The number of para-hydroxylation sites is 2. The lowest BCUT2D eigenvalue weighted by Crippen LogP contribution is -2.47. The minimum absolute atomic E-state index is 0.151. The van der Waals surface area contributed by atoms with Gasteiger partial charge in [-0.3, -0.25) is 9.69 Å². The van der Waals surface area contributed by atoms with Gasteiger partial charge in [0.25, 0.3) is 5.91 Å². The Morgan fingerprint density at radius 2 is 1.78 bits per heavy atom. The van der Waals surface area contributed by atoms with E-state index in [0.29, 0.717) is 23.6 Å². The monoisotopic (exact) mass is 434 g/mol. The van der Waals surface area contributed by atoms with Crippen LogP contribution >= 0.6 is 0 Å². The van der Waals surface area contributed by atoms with E-state index in [2.05, 4.69) is 24.1 Å². The van der Waals surface area contributed by atoms with Gasteiger partial charge in [0, 0.05) is 37.9 Å². The summed E-state index contributed by atoms with van der Waals surface area (Å²) in [6.45, 7) is 7.25. The SMILES string of the molecule is COc1ccccc1-c1nn(-c2ccccc2)cc1C(=O)NCCN1CC(C)OC(C)C1. The van der Waals surface area contributed by atoms with Crippen LogP contribution in [0, 0.1) is 0 Å². The van der Waals surface area contributed by atoms with E-state index >= 15 is 0 Å². The van der Waals surface area contributed by atoms with Crippen LogP contribution in [0.1, 0.15) is 24.2 Å². The Morgan fingerprint density at radius 1 is 1.09 bits per heavy atom. The van der Waals surface area contributed by atoms with Crippen LogP contribution in [-0.4, -0.2) is 66.1 Å². The van der Waals surface area contributed by atoms with Crippen molar-refractivity contribution in [3.63, 3.8) is 0 Å². The summed E-state index contributed by atoms with van der Waals surface area (Å²) in [6, 6.07) is 17.4. The number of nitrogens with one attached hydrogen (secondary N) is 1. The van der Waals surface area contributed by atoms with Gasteiger partial charge < -0.3 is 14.8 Å². The summed E-state index contributed by atoms with van der Waals surface area (Å²) in [7, 11) is 1.62. The third-order valence-electron chi connectivity index (χ3n) is 5.55. The maximum atomic E-state index is 13.2. The van der Waals surface area contributed by atoms with E-state index < -0.39 is 0 Å². The van der Waals surface area contributed by atoms with Crippen LogP contribution in [0.2, 0.25) is 0 Å². The summed E-state index contributed by atoms with van der Waals surface area (Å²) in [5, 5.41) is 7.82. The number of hydrogen-bond acceptors (Lipinski definition) is 5. The molecular formula is C25H30N4O3. The maximum absolute atomic E-state index is 13.2. The quantitative estimate of drug-likeness (QED) is 0.617. The van der Waals surface area contributed by atoms with Gasteiger partial charge in [-0.1, -0.05) is 30.3 Å². The molecule has 2 atom stereocenters. The van der Waals surface area contributed by atoms with Crippen molar-refractivity contribution >= 4 is 5.91 Å². The highest BCUT2D eigenvalue weighted by Crippen LogP contribution is 2.31. The van der Waals surface area contributed by atoms with E-state index in [1.807, 2.05) is 54.6 Å². The maximum Gasteiger partial charge on any atom is 0.255 e. The van der Waals surface area contributed by atoms with Crippen molar-refractivity contribution in [1.29, 1.82) is 0 Å². The molecule has 1 amide bonds. The molecule has 1 aliphatic rings. The lowest BCUT2D eigenvalue weighted by atomic mass is 10.1. The largest absolute Gasteiger partial charge is 0.496 e. The van der Waals surface area contributed by atoms with Gasteiger partial charge in [-0.15, -0.1) is 0 Å². The number of methoxy groups -OCH3 is 1. The predicted molar refractivity (Wildman–Crippen MR) is 124 cm³/mol. The minimum Gasteiger partial charge on any atom is -0.496 e. The second-order valence-corrected chi connectivity index (χ2v) is 8.14. The van der Waals surface area contributed by atoms with E-state index in [1.54, 1.807) is 18.0 Å². The summed E-state index contributed by atoms with van der Waals surface area (Å²) in [4.78, 5) is 15.5. The third kappa shape index (κ3) is 5.00. The molecule has 0 aliphatic carbocycles. The summed E-state index contributed by atoms with van der Waals surface area (Å²) < 4.78 is 13.1. The van der Waals surface area contributed by atoms with Gasteiger partial charge >= 0.3 is 0 Å². The van der Waals surface area contributed by atoms with Crippen molar-refractivity contribution in [2.75, 3.05) is 33.3 Å². The van der Waals surface area contributed by atoms with Crippen LogP contribution in [-0.2, 0) is 4.74 Å². The van der Waals surface area contributed by atoms with E-state index in [-0.39, 0.29) is 18.1 Å². The molecule has 0 radical (unpaired) electrons. The van der Waals surface area contributed by atoms with E-state index in [9.17, 15) is 4.79 Å². The van der Waals surface area contributed by atoms with Crippen LogP contribution in [0.5, 0.6) is 5.75 Å². The van der Waals surface area contributed by atoms with Gasteiger partial charge in [-0.25, -0.2) is 4.68 Å². The number of rotatable bonds is 7. The molecule has 1 N–H and O–H groups in total. The molecule has 3 aromatic rings. The first-order valence-corrected chi connectivity index (χ1v) is 11.0. The molecule has 0 spiro atoms. The molecule has 168 valence electrons. The highest BCUT2D eigenvalue weighted by atomic mass is 16.5. The summed E-state index contributed by atoms with van der Waals surface area (Å²) in [5.74, 6) is 0.526. The average molecular weight is 435 g/mol. The molecule has 0 bridgehead atoms. The summed E-state index contributed by atoms with van der Waals surface area (Å²) in [6.07, 6.45) is 2.19. The topological polar surface area (TPSA) is 68.6 Å². The van der Waals surface area contributed by atoms with Crippen LogP contribution in [0.25, 0.3) is 16.9 Å². The highest BCUT2D eigenvalue weighted by Gasteiger charge is 2.23. The molecule has 1 aromatic heterocycles. The van der Waals surface area contributed by atoms with Crippen molar-refractivity contribution in [3.05, 3.63) is 66.4 Å². The Balaban J connectivity index is 1.56. The first-order chi connectivity index (χ1) is 15.5. The molecule has 1 aliphatic heterocycles. The zero-order valence-electron chi connectivity index (χ0n) is 18.8. The number of nitrogens with zero attached hydrogens (tertiary/aromatic N) is 3. The average Bonchev–Trinajstić information content (AvgIpc) is 3.24. The number of carbonyl (C=O) groups excluding carboxylic acids is 1. The normalized spacial score (nSPS) is 19.0. The van der Waals surface area contributed by atoms with E-state index in [1.165, 1.54) is 0 Å². The first-order valence-electron chi connectivity index (χ1n) is 11.0. The molecule has 7 heteroatoms. The van der Waals surface area contributed by atoms with Crippen LogP contribution < -0.4 is 10.1 Å². The van der Waals surface area contributed by atoms with Gasteiger partial charge in [-0.05, 0) is 38.1 Å². The van der Waals surface area contributed by atoms with Crippen molar-refractivity contribution in [3.8, 4) is 22.7 Å². The summed E-state index contributed by atoms with van der Waals surface area (Å²) in [5.41, 5.74) is 2.78. The second-order valence-electron chi connectivity index (χ2n) is 8.14. The smallest absolute Gasteiger partial charge is 0.255 e. The Labute approximate surface area is 188 Å². The number of aromatic nitrogens is 2. The standard InChI is InChI=1S/C25H30N4O3/c1-18-15-28(16-19(2)32-18)14-13-26-25(30)22-17-29(20-9-5-4-6-10-20)27-24(22)21-11-7-8-12-23(21)31-3/h4-12,17-19H,13-16H2,1-3H3,(H,26,30). The van der Waals surface area contributed by atoms with Gasteiger partial charge in [0.05, 0.1) is 30.6 Å². The Kier molecular flexibility index (Phi) is 6.87. The predicted octanol–water partition coefficient (Wildman–Crippen LogP) is 3.39. The van der Waals surface area contributed by atoms with Crippen LogP contribution in [0.15, 0.2) is 60.8 Å². The highest BCUT2D eigenvalue weighted by molar-refractivity contribution is 6.00. The molecule has 4 rings (SSSR count). The Hall–Kier alpha value is -3.16. The first kappa shape index (κ1) is 22.0. The van der Waals surface area contributed by atoms with Crippen molar-refractivity contribution in [2.24, 2.45) is 0 Å². The molecule has 2 aromatic carbocycles.